The highest BCUT2D eigenvalue weighted by Gasteiger charge is 2.27. The topological polar surface area (TPSA) is 70.0 Å². The number of benzene rings is 1. The van der Waals surface area contributed by atoms with E-state index in [1.807, 2.05) is 12.3 Å². The number of aromatic nitrogens is 4. The molecule has 1 atom stereocenters. The van der Waals surface area contributed by atoms with Gasteiger partial charge in [0.15, 0.2) is 0 Å². The average molecular weight is 431 g/mol. The Morgan fingerprint density at radius 2 is 1.88 bits per heavy atom. The maximum atomic E-state index is 12.1. The summed E-state index contributed by atoms with van der Waals surface area (Å²) in [7, 11) is 6.05. The zero-order valence-electron chi connectivity index (χ0n) is 19.4. The van der Waals surface area contributed by atoms with Gasteiger partial charge in [-0.15, -0.1) is 0 Å². The fraction of sp³-hybridized carbons (Fsp3) is 0.400. The number of aryl methyl sites for hydroxylation is 1. The van der Waals surface area contributed by atoms with Gasteiger partial charge in [0.2, 0.25) is 0 Å². The number of H-pyrrole nitrogens is 1. The van der Waals surface area contributed by atoms with Gasteiger partial charge in [-0.3, -0.25) is 9.55 Å². The SMILES string of the molecule is CN(C)[C@H]1CCN(c2ccc(C(C)(C)c3ccc4ncc5c([nH]c(=O)n5C)c4c3)cn2)C1. The number of anilines is 1. The highest BCUT2D eigenvalue weighted by Crippen LogP contribution is 2.34. The van der Waals surface area contributed by atoms with E-state index < -0.39 is 0 Å². The van der Waals surface area contributed by atoms with Gasteiger partial charge in [0.25, 0.3) is 0 Å². The maximum Gasteiger partial charge on any atom is 0.326 e. The second kappa shape index (κ2) is 7.45. The summed E-state index contributed by atoms with van der Waals surface area (Å²) in [5.74, 6) is 1.04. The number of hydrogen-bond donors (Lipinski definition) is 1. The van der Waals surface area contributed by atoms with Crippen molar-refractivity contribution in [3.05, 3.63) is 64.3 Å². The van der Waals surface area contributed by atoms with Crippen molar-refractivity contribution in [2.75, 3.05) is 32.1 Å². The van der Waals surface area contributed by atoms with Gasteiger partial charge in [-0.1, -0.05) is 26.0 Å². The molecule has 4 aromatic rings. The first-order valence-electron chi connectivity index (χ1n) is 11.1. The summed E-state index contributed by atoms with van der Waals surface area (Å²) in [5, 5.41) is 0.960. The molecule has 0 unspecified atom stereocenters. The van der Waals surface area contributed by atoms with E-state index in [0.29, 0.717) is 6.04 Å². The minimum atomic E-state index is -0.242. The molecule has 0 radical (unpaired) electrons. The summed E-state index contributed by atoms with van der Waals surface area (Å²) >= 11 is 0. The van der Waals surface area contributed by atoms with Crippen molar-refractivity contribution < 1.29 is 0 Å². The fourth-order valence-electron chi connectivity index (χ4n) is 4.74. The molecule has 32 heavy (non-hydrogen) atoms. The molecule has 1 aromatic carbocycles. The molecule has 1 aliphatic heterocycles. The molecule has 0 saturated carbocycles. The molecular formula is C25H30N6O. The summed E-state index contributed by atoms with van der Waals surface area (Å²) in [5.41, 5.74) is 4.46. The molecule has 0 bridgehead atoms. The molecule has 7 heteroatoms. The van der Waals surface area contributed by atoms with Crippen molar-refractivity contribution in [1.29, 1.82) is 0 Å². The largest absolute Gasteiger partial charge is 0.355 e. The fourth-order valence-corrected chi connectivity index (χ4v) is 4.74. The summed E-state index contributed by atoms with van der Waals surface area (Å²) in [4.78, 5) is 29.2. The van der Waals surface area contributed by atoms with E-state index in [2.05, 4.69) is 72.0 Å². The Hall–Kier alpha value is -3.19. The number of nitrogens with one attached hydrogen (secondary N) is 1. The van der Waals surface area contributed by atoms with Crippen LogP contribution in [0.25, 0.3) is 21.9 Å². The van der Waals surface area contributed by atoms with Gasteiger partial charge >= 0.3 is 5.69 Å². The molecule has 4 heterocycles. The molecule has 1 aliphatic rings. The molecule has 7 nitrogen and oxygen atoms in total. The minimum absolute atomic E-state index is 0.128. The molecule has 0 amide bonds. The van der Waals surface area contributed by atoms with Crippen LogP contribution in [0.5, 0.6) is 0 Å². The molecule has 3 aromatic heterocycles. The first-order chi connectivity index (χ1) is 15.3. The molecule has 166 valence electrons. The lowest BCUT2D eigenvalue weighted by atomic mass is 9.78. The van der Waals surface area contributed by atoms with Gasteiger partial charge in [-0.25, -0.2) is 9.78 Å². The Balaban J connectivity index is 1.49. The van der Waals surface area contributed by atoms with Crippen molar-refractivity contribution in [1.82, 2.24) is 24.4 Å². The lowest BCUT2D eigenvalue weighted by Gasteiger charge is -2.27. The number of rotatable bonds is 4. The van der Waals surface area contributed by atoms with E-state index >= 15 is 0 Å². The maximum absolute atomic E-state index is 12.1. The van der Waals surface area contributed by atoms with Gasteiger partial charge in [0.05, 0.1) is 22.7 Å². The summed E-state index contributed by atoms with van der Waals surface area (Å²) in [6.07, 6.45) is 4.93. The number of aromatic amines is 1. The van der Waals surface area contributed by atoms with Crippen molar-refractivity contribution >= 4 is 27.8 Å². The van der Waals surface area contributed by atoms with Crippen LogP contribution < -0.4 is 10.6 Å². The van der Waals surface area contributed by atoms with Crippen LogP contribution in [-0.2, 0) is 12.5 Å². The van der Waals surface area contributed by atoms with Gasteiger partial charge in [-0.2, -0.15) is 0 Å². The van der Waals surface area contributed by atoms with Crippen molar-refractivity contribution in [2.45, 2.75) is 31.7 Å². The van der Waals surface area contributed by atoms with E-state index in [9.17, 15) is 4.79 Å². The quantitative estimate of drug-likeness (QED) is 0.538. The van der Waals surface area contributed by atoms with Crippen LogP contribution >= 0.6 is 0 Å². The van der Waals surface area contributed by atoms with Crippen LogP contribution in [-0.4, -0.2) is 57.6 Å². The molecule has 1 fully saturated rings. The van der Waals surface area contributed by atoms with E-state index in [4.69, 9.17) is 4.98 Å². The van der Waals surface area contributed by atoms with Crippen LogP contribution in [0.15, 0.2) is 47.5 Å². The zero-order valence-corrected chi connectivity index (χ0v) is 19.4. The molecule has 1 N–H and O–H groups in total. The number of pyridine rings is 2. The Labute approximate surface area is 187 Å². The highest BCUT2D eigenvalue weighted by molar-refractivity contribution is 6.02. The number of likely N-dealkylation sites (N-methyl/N-ethyl adjacent to an activating group) is 1. The molecule has 0 aliphatic carbocycles. The summed E-state index contributed by atoms with van der Waals surface area (Å²) < 4.78 is 1.60. The molecular weight excluding hydrogens is 400 g/mol. The summed E-state index contributed by atoms with van der Waals surface area (Å²) in [6.45, 7) is 6.49. The van der Waals surface area contributed by atoms with Gasteiger partial charge < -0.3 is 14.8 Å². The van der Waals surface area contributed by atoms with E-state index in [0.717, 1.165) is 52.0 Å². The zero-order chi connectivity index (χ0) is 22.6. The van der Waals surface area contributed by atoms with Crippen LogP contribution in [0.4, 0.5) is 5.82 Å². The number of imidazole rings is 1. The number of fused-ring (bicyclic) bond motifs is 3. The molecule has 1 saturated heterocycles. The average Bonchev–Trinajstić information content (AvgIpc) is 3.39. The Bertz CT molecular complexity index is 1350. The predicted molar refractivity (Wildman–Crippen MR) is 130 cm³/mol. The van der Waals surface area contributed by atoms with Crippen LogP contribution in [0.1, 0.15) is 31.4 Å². The predicted octanol–water partition coefficient (Wildman–Crippen LogP) is 3.28. The Morgan fingerprint density at radius 3 is 2.56 bits per heavy atom. The first-order valence-corrected chi connectivity index (χ1v) is 11.1. The standard InChI is InChI=1S/C25H30N6O/c1-25(2,17-7-9-22(27-13-17)31-11-10-18(15-31)29(3)4)16-6-8-20-19(12-16)23-21(14-26-20)30(5)24(32)28-23/h6-9,12-14,18H,10-11,15H2,1-5H3,(H,28,32)/t18-/m0/s1. The van der Waals surface area contributed by atoms with Gasteiger partial charge in [0.1, 0.15) is 5.82 Å². The van der Waals surface area contributed by atoms with Crippen molar-refractivity contribution in [2.24, 2.45) is 7.05 Å². The van der Waals surface area contributed by atoms with Crippen LogP contribution in [0.3, 0.4) is 0 Å². The smallest absolute Gasteiger partial charge is 0.326 e. The Morgan fingerprint density at radius 1 is 1.09 bits per heavy atom. The lowest BCUT2D eigenvalue weighted by Crippen LogP contribution is -2.31. The second-order valence-electron chi connectivity index (χ2n) is 9.62. The monoisotopic (exact) mass is 430 g/mol. The normalized spacial score (nSPS) is 17.2. The third kappa shape index (κ3) is 3.28. The Kier molecular flexibility index (Phi) is 4.82. The summed E-state index contributed by atoms with van der Waals surface area (Å²) in [6, 6.07) is 11.2. The third-order valence-electron chi connectivity index (χ3n) is 7.15. The first kappa shape index (κ1) is 20.7. The van der Waals surface area contributed by atoms with Crippen LogP contribution in [0.2, 0.25) is 0 Å². The third-order valence-corrected chi connectivity index (χ3v) is 7.15. The highest BCUT2D eigenvalue weighted by atomic mass is 16.1. The molecule has 0 spiro atoms. The number of nitrogens with zero attached hydrogens (tertiary/aromatic N) is 5. The minimum Gasteiger partial charge on any atom is -0.355 e. The van der Waals surface area contributed by atoms with Crippen LogP contribution in [0, 0.1) is 0 Å². The molecule has 5 rings (SSSR count). The van der Waals surface area contributed by atoms with E-state index in [1.165, 1.54) is 6.42 Å². The van der Waals surface area contributed by atoms with E-state index in [-0.39, 0.29) is 11.1 Å². The second-order valence-corrected chi connectivity index (χ2v) is 9.62. The van der Waals surface area contributed by atoms with Crippen molar-refractivity contribution in [3.8, 4) is 0 Å². The van der Waals surface area contributed by atoms with Crippen molar-refractivity contribution in [3.63, 3.8) is 0 Å². The van der Waals surface area contributed by atoms with E-state index in [1.54, 1.807) is 17.8 Å². The van der Waals surface area contributed by atoms with Gasteiger partial charge in [0, 0.05) is 43.2 Å². The van der Waals surface area contributed by atoms with Gasteiger partial charge in [-0.05, 0) is 49.8 Å². The lowest BCUT2D eigenvalue weighted by molar-refractivity contribution is 0.315. The number of hydrogen-bond acceptors (Lipinski definition) is 5.